The summed E-state index contributed by atoms with van der Waals surface area (Å²) in [4.78, 5) is 23.2. The van der Waals surface area contributed by atoms with E-state index >= 15 is 0 Å². The normalized spacial score (nSPS) is 14.3. The fourth-order valence-electron chi connectivity index (χ4n) is 2.98. The first-order chi connectivity index (χ1) is 11.2. The molecule has 1 amide bonds. The Hall–Kier alpha value is -2.74. The Morgan fingerprint density at radius 3 is 3.09 bits per heavy atom. The van der Waals surface area contributed by atoms with Gasteiger partial charge in [0.2, 0.25) is 5.78 Å². The van der Waals surface area contributed by atoms with E-state index in [1.54, 1.807) is 27.8 Å². The van der Waals surface area contributed by atoms with E-state index in [1.165, 1.54) is 0 Å². The van der Waals surface area contributed by atoms with Crippen LogP contribution in [0.15, 0.2) is 24.5 Å². The van der Waals surface area contributed by atoms with Crippen LogP contribution in [0.5, 0.6) is 0 Å². The van der Waals surface area contributed by atoms with Crippen LogP contribution in [0.3, 0.4) is 0 Å². The molecule has 8 nitrogen and oxygen atoms in total. The summed E-state index contributed by atoms with van der Waals surface area (Å²) in [5, 5.41) is 13.5. The molecule has 0 spiro atoms. The van der Waals surface area contributed by atoms with Gasteiger partial charge < -0.3 is 10.0 Å². The van der Waals surface area contributed by atoms with Crippen LogP contribution in [-0.2, 0) is 19.7 Å². The molecule has 1 aliphatic heterocycles. The Kier molecular flexibility index (Phi) is 3.12. The van der Waals surface area contributed by atoms with Crippen LogP contribution in [0.4, 0.5) is 0 Å². The van der Waals surface area contributed by atoms with E-state index in [4.69, 9.17) is 0 Å². The van der Waals surface area contributed by atoms with E-state index in [0.717, 1.165) is 5.69 Å². The largest absolute Gasteiger partial charge is 0.390 e. The van der Waals surface area contributed by atoms with Crippen molar-refractivity contribution < 1.29 is 9.90 Å². The number of aliphatic hydroxyl groups excluding tert-OH is 1. The highest BCUT2D eigenvalue weighted by Crippen LogP contribution is 2.18. The van der Waals surface area contributed by atoms with Crippen LogP contribution in [-0.4, -0.2) is 46.6 Å². The third-order valence-corrected chi connectivity index (χ3v) is 4.08. The predicted octanol–water partition coefficient (Wildman–Crippen LogP) is 0.383. The van der Waals surface area contributed by atoms with E-state index in [2.05, 4.69) is 15.1 Å². The maximum absolute atomic E-state index is 12.9. The minimum Gasteiger partial charge on any atom is -0.390 e. The number of carbonyl (C=O) groups excluding carboxylic acids is 1. The lowest BCUT2D eigenvalue weighted by atomic mass is 10.2. The maximum Gasteiger partial charge on any atom is 0.273 e. The highest BCUT2D eigenvalue weighted by atomic mass is 16.3. The molecular formula is C15H16N6O2. The second-order valence-corrected chi connectivity index (χ2v) is 5.57. The number of imidazole rings is 1. The molecule has 8 heteroatoms. The van der Waals surface area contributed by atoms with Crippen molar-refractivity contribution in [2.45, 2.75) is 26.6 Å². The van der Waals surface area contributed by atoms with Crippen molar-refractivity contribution in [1.82, 2.24) is 29.0 Å². The summed E-state index contributed by atoms with van der Waals surface area (Å²) in [5.74, 6) is 0.457. The minimum atomic E-state index is -0.0913. The number of carbonyl (C=O) groups is 1. The summed E-state index contributed by atoms with van der Waals surface area (Å²) in [6.45, 7) is 3.39. The molecule has 4 rings (SSSR count). The highest BCUT2D eigenvalue weighted by molar-refractivity contribution is 5.94. The average Bonchev–Trinajstić information content (AvgIpc) is 3.12. The third kappa shape index (κ3) is 2.18. The van der Waals surface area contributed by atoms with Gasteiger partial charge in [-0.25, -0.2) is 9.97 Å². The van der Waals surface area contributed by atoms with Crippen molar-refractivity contribution in [2.24, 2.45) is 0 Å². The minimum absolute atomic E-state index is 0.0685. The van der Waals surface area contributed by atoms with Crippen molar-refractivity contribution in [3.63, 3.8) is 0 Å². The Morgan fingerprint density at radius 2 is 2.26 bits per heavy atom. The molecule has 0 radical (unpaired) electrons. The van der Waals surface area contributed by atoms with Gasteiger partial charge in [0.05, 0.1) is 36.8 Å². The molecule has 0 saturated carbocycles. The Balaban J connectivity index is 1.68. The van der Waals surface area contributed by atoms with Gasteiger partial charge in [0.25, 0.3) is 5.91 Å². The number of hydrogen-bond acceptors (Lipinski definition) is 5. The summed E-state index contributed by atoms with van der Waals surface area (Å²) in [7, 11) is 0. The number of hydrogen-bond donors (Lipinski definition) is 1. The lowest BCUT2D eigenvalue weighted by molar-refractivity contribution is 0.0698. The van der Waals surface area contributed by atoms with Gasteiger partial charge >= 0.3 is 0 Å². The standard InChI is InChI=1S/C15H16N6O2/c1-10-13(20-4-2-3-16-15(20)17-10)14(23)19-5-6-21-12(8-19)7-11(9-22)18-21/h2-4,7,22H,5-6,8-9H2,1H3. The number of aryl methyl sites for hydroxylation is 1. The first-order valence-corrected chi connectivity index (χ1v) is 7.43. The monoisotopic (exact) mass is 312 g/mol. The molecule has 0 saturated heterocycles. The fourth-order valence-corrected chi connectivity index (χ4v) is 2.98. The predicted molar refractivity (Wildman–Crippen MR) is 80.6 cm³/mol. The van der Waals surface area contributed by atoms with Gasteiger partial charge in [-0.1, -0.05) is 0 Å². The van der Waals surface area contributed by atoms with Crippen molar-refractivity contribution in [1.29, 1.82) is 0 Å². The van der Waals surface area contributed by atoms with E-state index in [0.29, 0.717) is 42.5 Å². The van der Waals surface area contributed by atoms with Gasteiger partial charge in [-0.3, -0.25) is 13.9 Å². The van der Waals surface area contributed by atoms with Crippen molar-refractivity contribution >= 4 is 11.7 Å². The van der Waals surface area contributed by atoms with Crippen LogP contribution in [0.25, 0.3) is 5.78 Å². The van der Waals surface area contributed by atoms with Gasteiger partial charge in [-0.2, -0.15) is 5.10 Å². The van der Waals surface area contributed by atoms with Gasteiger partial charge in [0, 0.05) is 18.9 Å². The number of aromatic nitrogens is 5. The molecule has 1 aliphatic rings. The van der Waals surface area contributed by atoms with Crippen LogP contribution < -0.4 is 0 Å². The second-order valence-electron chi connectivity index (χ2n) is 5.57. The van der Waals surface area contributed by atoms with E-state index < -0.39 is 0 Å². The molecular weight excluding hydrogens is 296 g/mol. The van der Waals surface area contributed by atoms with Gasteiger partial charge in [-0.05, 0) is 19.1 Å². The summed E-state index contributed by atoms with van der Waals surface area (Å²) < 4.78 is 3.57. The van der Waals surface area contributed by atoms with Gasteiger partial charge in [-0.15, -0.1) is 0 Å². The van der Waals surface area contributed by atoms with Gasteiger partial charge in [0.1, 0.15) is 5.69 Å². The quantitative estimate of drug-likeness (QED) is 0.739. The van der Waals surface area contributed by atoms with Crippen molar-refractivity contribution in [3.8, 4) is 0 Å². The summed E-state index contributed by atoms with van der Waals surface area (Å²) in [6, 6.07) is 3.62. The Bertz CT molecular complexity index is 897. The van der Waals surface area contributed by atoms with Gasteiger partial charge in [0.15, 0.2) is 0 Å². The van der Waals surface area contributed by atoms with E-state index in [-0.39, 0.29) is 12.5 Å². The molecule has 3 aromatic heterocycles. The fraction of sp³-hybridized carbons (Fsp3) is 0.333. The van der Waals surface area contributed by atoms with E-state index in [9.17, 15) is 9.90 Å². The number of amides is 1. The molecule has 0 atom stereocenters. The van der Waals surface area contributed by atoms with E-state index in [1.807, 2.05) is 17.7 Å². The molecule has 118 valence electrons. The molecule has 0 aliphatic carbocycles. The molecule has 0 fully saturated rings. The van der Waals surface area contributed by atoms with Crippen molar-refractivity contribution in [3.05, 3.63) is 47.3 Å². The second kappa shape index (κ2) is 5.17. The number of fused-ring (bicyclic) bond motifs is 2. The molecule has 23 heavy (non-hydrogen) atoms. The smallest absolute Gasteiger partial charge is 0.273 e. The zero-order chi connectivity index (χ0) is 16.0. The number of aliphatic hydroxyl groups is 1. The first kappa shape index (κ1) is 13.9. The van der Waals surface area contributed by atoms with Crippen LogP contribution in [0, 0.1) is 6.92 Å². The summed E-state index contributed by atoms with van der Waals surface area (Å²) >= 11 is 0. The van der Waals surface area contributed by atoms with Crippen LogP contribution in [0.2, 0.25) is 0 Å². The maximum atomic E-state index is 12.9. The number of rotatable bonds is 2. The summed E-state index contributed by atoms with van der Waals surface area (Å²) in [5.41, 5.74) is 2.77. The SMILES string of the molecule is Cc1nc2ncccn2c1C(=O)N1CCn2nc(CO)cc2C1. The molecule has 0 bridgehead atoms. The third-order valence-electron chi connectivity index (χ3n) is 4.08. The zero-order valence-corrected chi connectivity index (χ0v) is 12.7. The molecule has 0 unspecified atom stereocenters. The molecule has 4 heterocycles. The average molecular weight is 312 g/mol. The van der Waals surface area contributed by atoms with Crippen LogP contribution >= 0.6 is 0 Å². The van der Waals surface area contributed by atoms with Crippen molar-refractivity contribution in [2.75, 3.05) is 6.54 Å². The summed E-state index contributed by atoms with van der Waals surface area (Å²) in [6.07, 6.45) is 3.46. The number of nitrogens with zero attached hydrogens (tertiary/aromatic N) is 6. The van der Waals surface area contributed by atoms with Crippen LogP contribution in [0.1, 0.15) is 27.6 Å². The molecule has 1 N–H and O–H groups in total. The lowest BCUT2D eigenvalue weighted by Crippen LogP contribution is -2.39. The topological polar surface area (TPSA) is 88.6 Å². The zero-order valence-electron chi connectivity index (χ0n) is 12.7. The highest BCUT2D eigenvalue weighted by Gasteiger charge is 2.27. The molecule has 0 aromatic carbocycles. The Labute approximate surface area is 132 Å². The molecule has 3 aromatic rings. The lowest BCUT2D eigenvalue weighted by Gasteiger charge is -2.27. The Morgan fingerprint density at radius 1 is 1.39 bits per heavy atom. The first-order valence-electron chi connectivity index (χ1n) is 7.43.